The summed E-state index contributed by atoms with van der Waals surface area (Å²) in [6.45, 7) is 2.68. The lowest BCUT2D eigenvalue weighted by Gasteiger charge is -2.18. The van der Waals surface area contributed by atoms with Gasteiger partial charge in [-0.15, -0.1) is 11.8 Å². The zero-order valence-corrected chi connectivity index (χ0v) is 14.3. The van der Waals surface area contributed by atoms with Crippen molar-refractivity contribution in [3.63, 3.8) is 0 Å². The molecule has 0 bridgehead atoms. The van der Waals surface area contributed by atoms with Gasteiger partial charge in [0.1, 0.15) is 0 Å². The molecule has 0 aliphatic rings. The monoisotopic (exact) mass is 324 g/mol. The molecule has 0 radical (unpaired) electrons. The van der Waals surface area contributed by atoms with Crippen LogP contribution in [-0.4, -0.2) is 23.6 Å². The Morgan fingerprint density at radius 2 is 1.78 bits per heavy atom. The summed E-state index contributed by atoms with van der Waals surface area (Å²) in [5, 5.41) is 9.07. The summed E-state index contributed by atoms with van der Waals surface area (Å²) in [6.07, 6.45) is 0. The fourth-order valence-electron chi connectivity index (χ4n) is 2.24. The van der Waals surface area contributed by atoms with Crippen LogP contribution in [0.5, 0.6) is 0 Å². The largest absolute Gasteiger partial charge is 0.341 e. The lowest BCUT2D eigenvalue weighted by atomic mass is 10.1. The number of hydrogen-bond acceptors (Lipinski definition) is 3. The van der Waals surface area contributed by atoms with Gasteiger partial charge in [-0.3, -0.25) is 4.79 Å². The lowest BCUT2D eigenvalue weighted by Crippen LogP contribution is -2.28. The number of hydrogen-bond donors (Lipinski definition) is 0. The number of nitrogens with zero attached hydrogens (tertiary/aromatic N) is 2. The number of nitriles is 1. The predicted octanol–water partition coefficient (Wildman–Crippen LogP) is 3.76. The number of thioether (sulfide) groups is 1. The Morgan fingerprint density at radius 1 is 1.13 bits per heavy atom. The number of benzene rings is 2. The first-order valence-corrected chi connectivity index (χ1v) is 8.61. The molecule has 0 unspecified atom stereocenters. The molecule has 0 heterocycles. The Labute approximate surface area is 141 Å². The molecule has 4 heteroatoms. The number of amides is 1. The molecular weight excluding hydrogens is 304 g/mol. The summed E-state index contributed by atoms with van der Waals surface area (Å²) in [4.78, 5) is 14.0. The van der Waals surface area contributed by atoms with E-state index >= 15 is 0 Å². The molecule has 0 spiro atoms. The predicted molar refractivity (Wildman–Crippen MR) is 95.0 cm³/mol. The van der Waals surface area contributed by atoms with Crippen molar-refractivity contribution in [1.82, 2.24) is 4.90 Å². The highest BCUT2D eigenvalue weighted by molar-refractivity contribution is 7.99. The lowest BCUT2D eigenvalue weighted by molar-refractivity contribution is -0.127. The Balaban J connectivity index is 1.85. The molecule has 0 saturated carbocycles. The Hall–Kier alpha value is -2.25. The van der Waals surface area contributed by atoms with Gasteiger partial charge in [0.2, 0.25) is 5.91 Å². The standard InChI is InChI=1S/C19H20N2OS/c1-15-7-3-4-9-17(15)12-21(2)19(22)14-23-13-18-10-6-5-8-16(18)11-20/h3-10H,12-14H2,1-2H3. The van der Waals surface area contributed by atoms with Gasteiger partial charge in [0, 0.05) is 19.3 Å². The fraction of sp³-hybridized carbons (Fsp3) is 0.263. The van der Waals surface area contributed by atoms with Gasteiger partial charge in [-0.25, -0.2) is 0 Å². The van der Waals surface area contributed by atoms with Gasteiger partial charge in [-0.1, -0.05) is 42.5 Å². The highest BCUT2D eigenvalue weighted by Gasteiger charge is 2.11. The molecule has 0 aromatic heterocycles. The van der Waals surface area contributed by atoms with Crippen molar-refractivity contribution >= 4 is 17.7 Å². The van der Waals surface area contributed by atoms with Gasteiger partial charge in [0.15, 0.2) is 0 Å². The van der Waals surface area contributed by atoms with E-state index in [-0.39, 0.29) is 5.91 Å². The molecule has 2 aromatic carbocycles. The van der Waals surface area contributed by atoms with E-state index in [2.05, 4.69) is 25.1 Å². The van der Waals surface area contributed by atoms with Gasteiger partial charge in [0.05, 0.1) is 17.4 Å². The Kier molecular flexibility index (Phi) is 6.25. The molecule has 0 aliphatic heterocycles. The van der Waals surface area contributed by atoms with Crippen LogP contribution in [0.2, 0.25) is 0 Å². The number of aryl methyl sites for hydroxylation is 1. The summed E-state index contributed by atoms with van der Waals surface area (Å²) in [7, 11) is 1.83. The molecular formula is C19H20N2OS. The van der Waals surface area contributed by atoms with Crippen LogP contribution in [0.1, 0.15) is 22.3 Å². The zero-order chi connectivity index (χ0) is 16.7. The molecule has 1 amide bonds. The minimum atomic E-state index is 0.104. The van der Waals surface area contributed by atoms with Gasteiger partial charge >= 0.3 is 0 Å². The van der Waals surface area contributed by atoms with E-state index in [9.17, 15) is 4.79 Å². The summed E-state index contributed by atoms with van der Waals surface area (Å²) in [5.74, 6) is 1.20. The fourth-order valence-corrected chi connectivity index (χ4v) is 3.21. The molecule has 3 nitrogen and oxygen atoms in total. The molecule has 23 heavy (non-hydrogen) atoms. The van der Waals surface area contributed by atoms with Crippen molar-refractivity contribution in [2.45, 2.75) is 19.2 Å². The van der Waals surface area contributed by atoms with Crippen molar-refractivity contribution < 1.29 is 4.79 Å². The molecule has 0 saturated heterocycles. The first kappa shape index (κ1) is 17.1. The maximum Gasteiger partial charge on any atom is 0.232 e. The van der Waals surface area contributed by atoms with Gasteiger partial charge < -0.3 is 4.90 Å². The minimum absolute atomic E-state index is 0.104. The molecule has 0 atom stereocenters. The summed E-state index contributed by atoms with van der Waals surface area (Å²) in [6, 6.07) is 17.8. The van der Waals surface area contributed by atoms with Crippen molar-refractivity contribution in [3.8, 4) is 6.07 Å². The van der Waals surface area contributed by atoms with E-state index < -0.39 is 0 Å². The van der Waals surface area contributed by atoms with Crippen LogP contribution in [0, 0.1) is 18.3 Å². The summed E-state index contributed by atoms with van der Waals surface area (Å²) < 4.78 is 0. The van der Waals surface area contributed by atoms with Crippen LogP contribution in [0.15, 0.2) is 48.5 Å². The molecule has 2 aromatic rings. The Bertz CT molecular complexity index is 721. The summed E-state index contributed by atoms with van der Waals surface area (Å²) >= 11 is 1.54. The number of carbonyl (C=O) groups excluding carboxylic acids is 1. The van der Waals surface area contributed by atoms with Gasteiger partial charge in [0.25, 0.3) is 0 Å². The second kappa shape index (κ2) is 8.40. The van der Waals surface area contributed by atoms with Crippen LogP contribution in [0.25, 0.3) is 0 Å². The molecule has 118 valence electrons. The minimum Gasteiger partial charge on any atom is -0.341 e. The quantitative estimate of drug-likeness (QED) is 0.812. The molecule has 0 fully saturated rings. The highest BCUT2D eigenvalue weighted by Crippen LogP contribution is 2.17. The van der Waals surface area contributed by atoms with E-state index in [0.29, 0.717) is 23.6 Å². The van der Waals surface area contributed by atoms with Gasteiger partial charge in [-0.2, -0.15) is 5.26 Å². The first-order chi connectivity index (χ1) is 11.1. The molecule has 0 aliphatic carbocycles. The van der Waals surface area contributed by atoms with Crippen LogP contribution in [0.4, 0.5) is 0 Å². The van der Waals surface area contributed by atoms with Crippen molar-refractivity contribution in [3.05, 3.63) is 70.8 Å². The third kappa shape index (κ3) is 4.87. The molecule has 0 N–H and O–H groups in total. The van der Waals surface area contributed by atoms with Crippen molar-refractivity contribution in [2.75, 3.05) is 12.8 Å². The third-order valence-corrected chi connectivity index (χ3v) is 4.68. The number of rotatable bonds is 6. The van der Waals surface area contributed by atoms with Crippen LogP contribution in [-0.2, 0) is 17.1 Å². The van der Waals surface area contributed by atoms with Crippen molar-refractivity contribution in [2.24, 2.45) is 0 Å². The van der Waals surface area contributed by atoms with Crippen molar-refractivity contribution in [1.29, 1.82) is 5.26 Å². The highest BCUT2D eigenvalue weighted by atomic mass is 32.2. The Morgan fingerprint density at radius 3 is 2.48 bits per heavy atom. The maximum atomic E-state index is 12.2. The van der Waals surface area contributed by atoms with E-state index in [1.54, 1.807) is 16.7 Å². The maximum absolute atomic E-state index is 12.2. The second-order valence-corrected chi connectivity index (χ2v) is 6.42. The average Bonchev–Trinajstić information content (AvgIpc) is 2.57. The zero-order valence-electron chi connectivity index (χ0n) is 13.5. The van der Waals surface area contributed by atoms with E-state index in [0.717, 1.165) is 5.56 Å². The average molecular weight is 324 g/mol. The third-order valence-electron chi connectivity index (χ3n) is 3.72. The van der Waals surface area contributed by atoms with Crippen LogP contribution >= 0.6 is 11.8 Å². The van der Waals surface area contributed by atoms with E-state index in [4.69, 9.17) is 5.26 Å². The smallest absolute Gasteiger partial charge is 0.232 e. The topological polar surface area (TPSA) is 44.1 Å². The van der Waals surface area contributed by atoms with Crippen LogP contribution in [0.3, 0.4) is 0 Å². The van der Waals surface area contributed by atoms with Crippen LogP contribution < -0.4 is 0 Å². The van der Waals surface area contributed by atoms with E-state index in [1.165, 1.54) is 11.1 Å². The normalized spacial score (nSPS) is 10.1. The first-order valence-electron chi connectivity index (χ1n) is 7.46. The SMILES string of the molecule is Cc1ccccc1CN(C)C(=O)CSCc1ccccc1C#N. The second-order valence-electron chi connectivity index (χ2n) is 5.44. The molecule has 2 rings (SSSR count). The van der Waals surface area contributed by atoms with E-state index in [1.807, 2.05) is 43.4 Å². The number of carbonyl (C=O) groups is 1. The summed E-state index contributed by atoms with van der Waals surface area (Å²) in [5.41, 5.74) is 4.03. The van der Waals surface area contributed by atoms with Gasteiger partial charge in [-0.05, 0) is 29.7 Å².